The van der Waals surface area contributed by atoms with Gasteiger partial charge in [0.15, 0.2) is 11.5 Å². The Kier molecular flexibility index (Phi) is 3.56. The maximum Gasteiger partial charge on any atom is 0.178 e. The van der Waals surface area contributed by atoms with Crippen molar-refractivity contribution >= 4 is 11.5 Å². The van der Waals surface area contributed by atoms with E-state index < -0.39 is 5.60 Å². The Labute approximate surface area is 118 Å². The molecule has 0 aromatic carbocycles. The van der Waals surface area contributed by atoms with Gasteiger partial charge in [-0.2, -0.15) is 4.52 Å². The number of rotatable bonds is 3. The summed E-state index contributed by atoms with van der Waals surface area (Å²) in [5.41, 5.74) is 0.135. The maximum atomic E-state index is 10.6. The summed E-state index contributed by atoms with van der Waals surface area (Å²) in [4.78, 5) is 0. The molecule has 6 heteroatoms. The van der Waals surface area contributed by atoms with Crippen LogP contribution in [0.15, 0.2) is 12.1 Å². The van der Waals surface area contributed by atoms with Gasteiger partial charge in [0.05, 0.1) is 5.60 Å². The number of hydrogen-bond donors (Lipinski definition) is 2. The van der Waals surface area contributed by atoms with E-state index in [1.54, 1.807) is 4.52 Å². The molecule has 20 heavy (non-hydrogen) atoms. The van der Waals surface area contributed by atoms with Gasteiger partial charge in [-0.15, -0.1) is 15.3 Å². The van der Waals surface area contributed by atoms with Crippen molar-refractivity contribution < 1.29 is 5.11 Å². The molecule has 0 bridgehead atoms. The number of anilines is 1. The molecular formula is C14H21N5O. The lowest BCUT2D eigenvalue weighted by Gasteiger charge is -2.27. The van der Waals surface area contributed by atoms with Gasteiger partial charge in [-0.3, -0.25) is 0 Å². The van der Waals surface area contributed by atoms with Gasteiger partial charge in [0.25, 0.3) is 0 Å². The number of hydrogen-bond acceptors (Lipinski definition) is 5. The minimum Gasteiger partial charge on any atom is -0.388 e. The number of aliphatic hydroxyl groups is 1. The molecule has 0 aliphatic heterocycles. The average Bonchev–Trinajstić information content (AvgIpc) is 2.68. The molecule has 1 aliphatic carbocycles. The smallest absolute Gasteiger partial charge is 0.178 e. The summed E-state index contributed by atoms with van der Waals surface area (Å²) < 4.78 is 1.71. The number of nitrogens with one attached hydrogen (secondary N) is 1. The summed E-state index contributed by atoms with van der Waals surface area (Å²) in [7, 11) is 0. The maximum absolute atomic E-state index is 10.6. The van der Waals surface area contributed by atoms with Crippen molar-refractivity contribution in [3.05, 3.63) is 18.0 Å². The molecule has 108 valence electrons. The molecule has 0 radical (unpaired) electrons. The number of nitrogens with zero attached hydrogens (tertiary/aromatic N) is 4. The highest BCUT2D eigenvalue weighted by Crippen LogP contribution is 2.27. The zero-order valence-corrected chi connectivity index (χ0v) is 11.8. The summed E-state index contributed by atoms with van der Waals surface area (Å²) in [6, 6.07) is 3.76. The zero-order valence-electron chi connectivity index (χ0n) is 11.8. The van der Waals surface area contributed by atoms with E-state index in [1.165, 1.54) is 12.8 Å². The van der Waals surface area contributed by atoms with Gasteiger partial charge < -0.3 is 10.4 Å². The largest absolute Gasteiger partial charge is 0.388 e. The van der Waals surface area contributed by atoms with Gasteiger partial charge in [-0.05, 0) is 31.9 Å². The number of aryl methyl sites for hydroxylation is 1. The lowest BCUT2D eigenvalue weighted by Crippen LogP contribution is -2.36. The molecule has 6 nitrogen and oxygen atoms in total. The zero-order chi connectivity index (χ0) is 14.0. The van der Waals surface area contributed by atoms with E-state index in [-0.39, 0.29) is 0 Å². The van der Waals surface area contributed by atoms with Crippen molar-refractivity contribution in [3.63, 3.8) is 0 Å². The molecular weight excluding hydrogens is 254 g/mol. The fourth-order valence-corrected chi connectivity index (χ4v) is 2.81. The Morgan fingerprint density at radius 2 is 1.95 bits per heavy atom. The second-order valence-electron chi connectivity index (χ2n) is 5.73. The highest BCUT2D eigenvalue weighted by atomic mass is 16.3. The Hall–Kier alpha value is -1.69. The fourth-order valence-electron chi connectivity index (χ4n) is 2.81. The summed E-state index contributed by atoms with van der Waals surface area (Å²) in [6.45, 7) is 2.42. The van der Waals surface area contributed by atoms with Crippen molar-refractivity contribution in [3.8, 4) is 0 Å². The van der Waals surface area contributed by atoms with Crippen LogP contribution < -0.4 is 5.32 Å². The molecule has 3 rings (SSSR count). The fraction of sp³-hybridized carbons (Fsp3) is 0.643. The third-order valence-corrected chi connectivity index (χ3v) is 4.05. The first-order valence-corrected chi connectivity index (χ1v) is 7.32. The van der Waals surface area contributed by atoms with E-state index in [9.17, 15) is 5.11 Å². The first kappa shape index (κ1) is 13.3. The van der Waals surface area contributed by atoms with Crippen LogP contribution in [-0.2, 0) is 0 Å². The van der Waals surface area contributed by atoms with Gasteiger partial charge in [0.1, 0.15) is 5.82 Å². The highest BCUT2D eigenvalue weighted by Gasteiger charge is 2.27. The Morgan fingerprint density at radius 3 is 2.70 bits per heavy atom. The molecule has 0 spiro atoms. The molecule has 2 aromatic rings. The lowest BCUT2D eigenvalue weighted by atomic mass is 9.94. The summed E-state index contributed by atoms with van der Waals surface area (Å²) in [6.07, 6.45) is 6.41. The van der Waals surface area contributed by atoms with Gasteiger partial charge in [0.2, 0.25) is 0 Å². The molecule has 2 heterocycles. The second-order valence-corrected chi connectivity index (χ2v) is 5.73. The summed E-state index contributed by atoms with van der Waals surface area (Å²) in [5, 5.41) is 26.3. The van der Waals surface area contributed by atoms with Crippen LogP contribution in [0.5, 0.6) is 0 Å². The molecule has 0 saturated heterocycles. The predicted molar refractivity (Wildman–Crippen MR) is 76.7 cm³/mol. The van der Waals surface area contributed by atoms with E-state index in [4.69, 9.17) is 0 Å². The van der Waals surface area contributed by atoms with Crippen LogP contribution in [0.1, 0.15) is 44.3 Å². The first-order chi connectivity index (χ1) is 9.66. The Morgan fingerprint density at radius 1 is 1.20 bits per heavy atom. The van der Waals surface area contributed by atoms with Gasteiger partial charge in [0, 0.05) is 6.54 Å². The number of aromatic nitrogens is 4. The van der Waals surface area contributed by atoms with Gasteiger partial charge >= 0.3 is 0 Å². The molecule has 1 aliphatic rings. The third-order valence-electron chi connectivity index (χ3n) is 4.05. The van der Waals surface area contributed by atoms with E-state index in [0.29, 0.717) is 6.54 Å². The SMILES string of the molecule is Cc1nnc2ccc(NCC3(O)CCCCCC3)nn12. The minimum atomic E-state index is -0.602. The van der Waals surface area contributed by atoms with E-state index in [1.807, 2.05) is 19.1 Å². The number of fused-ring (bicyclic) bond motifs is 1. The summed E-state index contributed by atoms with van der Waals surface area (Å²) in [5.74, 6) is 1.51. The van der Waals surface area contributed by atoms with Crippen LogP contribution in [0.2, 0.25) is 0 Å². The van der Waals surface area contributed by atoms with Crippen LogP contribution in [-0.4, -0.2) is 37.1 Å². The van der Waals surface area contributed by atoms with Crippen molar-refractivity contribution in [2.75, 3.05) is 11.9 Å². The van der Waals surface area contributed by atoms with E-state index in [0.717, 1.165) is 43.0 Å². The molecule has 0 atom stereocenters. The minimum absolute atomic E-state index is 0.548. The van der Waals surface area contributed by atoms with Crippen molar-refractivity contribution in [1.29, 1.82) is 0 Å². The lowest BCUT2D eigenvalue weighted by molar-refractivity contribution is 0.0380. The average molecular weight is 275 g/mol. The van der Waals surface area contributed by atoms with E-state index in [2.05, 4.69) is 20.6 Å². The van der Waals surface area contributed by atoms with Crippen LogP contribution in [0.25, 0.3) is 5.65 Å². The van der Waals surface area contributed by atoms with Crippen LogP contribution in [0, 0.1) is 6.92 Å². The topological polar surface area (TPSA) is 75.3 Å². The quantitative estimate of drug-likeness (QED) is 0.837. The summed E-state index contributed by atoms with van der Waals surface area (Å²) >= 11 is 0. The molecule has 0 amide bonds. The van der Waals surface area contributed by atoms with Crippen LogP contribution in [0.3, 0.4) is 0 Å². The molecule has 2 N–H and O–H groups in total. The van der Waals surface area contributed by atoms with Crippen LogP contribution >= 0.6 is 0 Å². The molecule has 1 saturated carbocycles. The van der Waals surface area contributed by atoms with Crippen molar-refractivity contribution in [2.24, 2.45) is 0 Å². The standard InChI is InChI=1S/C14H21N5O/c1-11-16-17-13-7-6-12(18-19(11)13)15-10-14(20)8-4-2-3-5-9-14/h6-7,20H,2-5,8-10H2,1H3,(H,15,18). The van der Waals surface area contributed by atoms with Crippen LogP contribution in [0.4, 0.5) is 5.82 Å². The van der Waals surface area contributed by atoms with Crippen molar-refractivity contribution in [2.45, 2.75) is 51.0 Å². The monoisotopic (exact) mass is 275 g/mol. The predicted octanol–water partition coefficient (Wildman–Crippen LogP) is 1.93. The molecule has 2 aromatic heterocycles. The molecule has 1 fully saturated rings. The van der Waals surface area contributed by atoms with Gasteiger partial charge in [-0.1, -0.05) is 25.7 Å². The normalized spacial score (nSPS) is 18.9. The van der Waals surface area contributed by atoms with Gasteiger partial charge in [-0.25, -0.2) is 0 Å². The van der Waals surface area contributed by atoms with Crippen molar-refractivity contribution in [1.82, 2.24) is 19.8 Å². The first-order valence-electron chi connectivity index (χ1n) is 7.32. The highest BCUT2D eigenvalue weighted by molar-refractivity contribution is 5.44. The Bertz CT molecular complexity index is 586. The third kappa shape index (κ3) is 2.75. The Balaban J connectivity index is 1.71. The second kappa shape index (κ2) is 5.36. The van der Waals surface area contributed by atoms with E-state index >= 15 is 0 Å². The molecule has 0 unspecified atom stereocenters.